The molecule has 0 unspecified atom stereocenters. The van der Waals surface area contributed by atoms with Crippen molar-refractivity contribution in [3.05, 3.63) is 89.5 Å². The standard InChI is InChI=1S/C20H17F2O3P/c1-14-8-10-19(17(21)12-14)24-26(23,16-6-4-3-5-7-16)25-20-11-9-15(2)13-18(20)22/h3-13H,1-2H3. The molecule has 0 saturated heterocycles. The summed E-state index contributed by atoms with van der Waals surface area (Å²) in [7, 11) is -4.08. The van der Waals surface area contributed by atoms with E-state index in [9.17, 15) is 13.3 Å². The third-order valence-corrected chi connectivity index (χ3v) is 5.49. The predicted molar refractivity (Wildman–Crippen MR) is 97.2 cm³/mol. The van der Waals surface area contributed by atoms with Crippen LogP contribution in [-0.2, 0) is 4.57 Å². The average Bonchev–Trinajstić information content (AvgIpc) is 2.61. The van der Waals surface area contributed by atoms with Crippen molar-refractivity contribution in [3.63, 3.8) is 0 Å². The fraction of sp³-hybridized carbons (Fsp3) is 0.100. The molecule has 0 fully saturated rings. The molecular weight excluding hydrogens is 357 g/mol. The Bertz CT molecular complexity index is 917. The molecule has 0 spiro atoms. The van der Waals surface area contributed by atoms with Crippen LogP contribution in [0.25, 0.3) is 0 Å². The van der Waals surface area contributed by atoms with Crippen LogP contribution in [0.2, 0.25) is 0 Å². The molecular formula is C20H17F2O3P. The van der Waals surface area contributed by atoms with Crippen LogP contribution >= 0.6 is 7.60 Å². The minimum Gasteiger partial charge on any atom is -0.410 e. The van der Waals surface area contributed by atoms with E-state index in [4.69, 9.17) is 9.05 Å². The predicted octanol–water partition coefficient (Wildman–Crippen LogP) is 5.56. The lowest BCUT2D eigenvalue weighted by molar-refractivity contribution is 0.378. The van der Waals surface area contributed by atoms with Crippen LogP contribution in [0.15, 0.2) is 66.7 Å². The normalized spacial score (nSPS) is 11.2. The Labute approximate surface area is 150 Å². The van der Waals surface area contributed by atoms with Crippen LogP contribution in [0.4, 0.5) is 8.78 Å². The zero-order valence-corrected chi connectivity index (χ0v) is 15.2. The first-order chi connectivity index (χ1) is 12.4. The van der Waals surface area contributed by atoms with E-state index in [2.05, 4.69) is 0 Å². The van der Waals surface area contributed by atoms with Crippen LogP contribution < -0.4 is 14.4 Å². The van der Waals surface area contributed by atoms with E-state index in [-0.39, 0.29) is 16.8 Å². The molecule has 0 N–H and O–H groups in total. The molecule has 0 bridgehead atoms. The number of rotatable bonds is 5. The highest BCUT2D eigenvalue weighted by molar-refractivity contribution is 7.63. The fourth-order valence-electron chi connectivity index (χ4n) is 2.35. The molecule has 3 aromatic rings. The Kier molecular flexibility index (Phi) is 5.10. The summed E-state index contributed by atoms with van der Waals surface area (Å²) in [5.74, 6) is -1.80. The van der Waals surface area contributed by atoms with Gasteiger partial charge in [0.25, 0.3) is 0 Å². The Hall–Kier alpha value is -2.65. The molecule has 0 radical (unpaired) electrons. The Morgan fingerprint density at radius 3 is 1.62 bits per heavy atom. The van der Waals surface area contributed by atoms with Gasteiger partial charge in [-0.1, -0.05) is 30.3 Å². The van der Waals surface area contributed by atoms with Gasteiger partial charge < -0.3 is 9.05 Å². The van der Waals surface area contributed by atoms with E-state index in [1.807, 2.05) is 0 Å². The van der Waals surface area contributed by atoms with Crippen LogP contribution in [0.1, 0.15) is 11.1 Å². The molecule has 0 heterocycles. The second-order valence-electron chi connectivity index (χ2n) is 5.88. The first kappa shape index (κ1) is 18.2. The van der Waals surface area contributed by atoms with Gasteiger partial charge >= 0.3 is 7.60 Å². The summed E-state index contributed by atoms with van der Waals surface area (Å²) in [5, 5.41) is 0.194. The second-order valence-corrected chi connectivity index (χ2v) is 7.76. The summed E-state index contributed by atoms with van der Waals surface area (Å²) in [6, 6.07) is 16.6. The quantitative estimate of drug-likeness (QED) is 0.549. The number of hydrogen-bond acceptors (Lipinski definition) is 3. The summed E-state index contributed by atoms with van der Waals surface area (Å²) in [4.78, 5) is 0. The summed E-state index contributed by atoms with van der Waals surface area (Å²) < 4.78 is 52.7. The lowest BCUT2D eigenvalue weighted by Gasteiger charge is -2.21. The zero-order valence-electron chi connectivity index (χ0n) is 14.3. The maximum atomic E-state index is 14.2. The van der Waals surface area contributed by atoms with Gasteiger partial charge in [0.1, 0.15) is 0 Å². The first-order valence-electron chi connectivity index (χ1n) is 7.94. The first-order valence-corrected chi connectivity index (χ1v) is 9.49. The van der Waals surface area contributed by atoms with Crippen LogP contribution in [-0.4, -0.2) is 0 Å². The van der Waals surface area contributed by atoms with Gasteiger partial charge in [-0.15, -0.1) is 0 Å². The van der Waals surface area contributed by atoms with Gasteiger partial charge in [-0.25, -0.2) is 13.3 Å². The van der Waals surface area contributed by atoms with Crippen molar-refractivity contribution in [1.82, 2.24) is 0 Å². The molecule has 3 rings (SSSR count). The lowest BCUT2D eigenvalue weighted by Crippen LogP contribution is -2.15. The van der Waals surface area contributed by atoms with Gasteiger partial charge in [0.15, 0.2) is 23.1 Å². The second kappa shape index (κ2) is 7.30. The molecule has 0 aromatic heterocycles. The number of hydrogen-bond donors (Lipinski definition) is 0. The van der Waals surface area contributed by atoms with Gasteiger partial charge in [0.2, 0.25) is 0 Å². The third-order valence-electron chi connectivity index (χ3n) is 3.68. The van der Waals surface area contributed by atoms with Crippen LogP contribution in [0.5, 0.6) is 11.5 Å². The highest BCUT2D eigenvalue weighted by atomic mass is 31.2. The van der Waals surface area contributed by atoms with Crippen molar-refractivity contribution in [2.24, 2.45) is 0 Å². The molecule has 0 aliphatic carbocycles. The Morgan fingerprint density at radius 1 is 0.731 bits per heavy atom. The van der Waals surface area contributed by atoms with Crippen molar-refractivity contribution < 1.29 is 22.4 Å². The van der Waals surface area contributed by atoms with Crippen LogP contribution in [0, 0.1) is 25.5 Å². The summed E-state index contributed by atoms with van der Waals surface area (Å²) >= 11 is 0. The third kappa shape index (κ3) is 3.94. The largest absolute Gasteiger partial charge is 0.463 e. The van der Waals surface area contributed by atoms with Crippen molar-refractivity contribution >= 4 is 12.9 Å². The topological polar surface area (TPSA) is 35.5 Å². The van der Waals surface area contributed by atoms with Gasteiger partial charge in [-0.05, 0) is 61.4 Å². The fourth-order valence-corrected chi connectivity index (χ4v) is 3.95. The van der Waals surface area contributed by atoms with Gasteiger partial charge in [0, 0.05) is 0 Å². The molecule has 0 aliphatic rings. The van der Waals surface area contributed by atoms with Crippen molar-refractivity contribution in [3.8, 4) is 11.5 Å². The van der Waals surface area contributed by atoms with Crippen molar-refractivity contribution in [1.29, 1.82) is 0 Å². The Balaban J connectivity index is 2.03. The number of aryl methyl sites for hydroxylation is 2. The minimum atomic E-state index is -4.08. The SMILES string of the molecule is Cc1ccc(OP(=O)(Oc2ccc(C)cc2F)c2ccccc2)c(F)c1. The number of halogens is 2. The maximum Gasteiger partial charge on any atom is 0.463 e. The molecule has 6 heteroatoms. The molecule has 0 saturated carbocycles. The summed E-state index contributed by atoms with van der Waals surface area (Å²) in [6.45, 7) is 3.45. The molecule has 0 amide bonds. The molecule has 26 heavy (non-hydrogen) atoms. The average molecular weight is 374 g/mol. The summed E-state index contributed by atoms with van der Waals surface area (Å²) in [6.07, 6.45) is 0. The van der Waals surface area contributed by atoms with Crippen LogP contribution in [0.3, 0.4) is 0 Å². The zero-order chi connectivity index (χ0) is 18.7. The lowest BCUT2D eigenvalue weighted by atomic mass is 10.2. The maximum absolute atomic E-state index is 14.2. The van der Waals surface area contributed by atoms with E-state index in [1.54, 1.807) is 44.2 Å². The number of benzene rings is 3. The molecule has 3 nitrogen and oxygen atoms in total. The molecule has 134 valence electrons. The van der Waals surface area contributed by atoms with E-state index in [0.717, 1.165) is 0 Å². The van der Waals surface area contributed by atoms with Crippen molar-refractivity contribution in [2.75, 3.05) is 0 Å². The molecule has 0 aliphatic heterocycles. The van der Waals surface area contributed by atoms with E-state index < -0.39 is 19.2 Å². The van der Waals surface area contributed by atoms with Gasteiger partial charge in [0.05, 0.1) is 5.30 Å². The van der Waals surface area contributed by atoms with Gasteiger partial charge in [-0.3, -0.25) is 0 Å². The smallest absolute Gasteiger partial charge is 0.410 e. The molecule has 0 atom stereocenters. The highest BCUT2D eigenvalue weighted by Gasteiger charge is 2.33. The molecule has 3 aromatic carbocycles. The Morgan fingerprint density at radius 2 is 1.19 bits per heavy atom. The summed E-state index contributed by atoms with van der Waals surface area (Å²) in [5.41, 5.74) is 1.38. The highest BCUT2D eigenvalue weighted by Crippen LogP contribution is 2.48. The van der Waals surface area contributed by atoms with E-state index in [1.165, 1.54) is 36.4 Å². The minimum absolute atomic E-state index is 0.194. The van der Waals surface area contributed by atoms with Gasteiger partial charge in [-0.2, -0.15) is 0 Å². The monoisotopic (exact) mass is 374 g/mol. The van der Waals surface area contributed by atoms with E-state index >= 15 is 0 Å². The van der Waals surface area contributed by atoms with Crippen molar-refractivity contribution in [2.45, 2.75) is 13.8 Å². The van der Waals surface area contributed by atoms with E-state index in [0.29, 0.717) is 11.1 Å².